The van der Waals surface area contributed by atoms with Crippen molar-refractivity contribution in [3.05, 3.63) is 66.1 Å². The van der Waals surface area contributed by atoms with E-state index in [4.69, 9.17) is 10.2 Å². The van der Waals surface area contributed by atoms with Gasteiger partial charge in [-0.3, -0.25) is 0 Å². The molecule has 1 aromatic carbocycles. The molecule has 5 rings (SSSR count). The Hall–Kier alpha value is -3.72. The van der Waals surface area contributed by atoms with Crippen LogP contribution in [0.2, 0.25) is 0 Å². The fourth-order valence-electron chi connectivity index (χ4n) is 3.40. The predicted molar refractivity (Wildman–Crippen MR) is 108 cm³/mol. The molecule has 6 nitrogen and oxygen atoms in total. The van der Waals surface area contributed by atoms with Gasteiger partial charge in [-0.2, -0.15) is 5.26 Å². The van der Waals surface area contributed by atoms with Crippen molar-refractivity contribution < 1.29 is 0 Å². The van der Waals surface area contributed by atoms with Gasteiger partial charge in [0.25, 0.3) is 0 Å². The molecule has 0 spiro atoms. The number of hydrogen-bond donors (Lipinski definition) is 1. The molecule has 1 fully saturated rings. The first-order chi connectivity index (χ1) is 13.7. The highest BCUT2D eigenvalue weighted by Crippen LogP contribution is 2.42. The lowest BCUT2D eigenvalue weighted by molar-refractivity contribution is 0.948. The molecule has 28 heavy (non-hydrogen) atoms. The van der Waals surface area contributed by atoms with E-state index < -0.39 is 0 Å². The van der Waals surface area contributed by atoms with Gasteiger partial charge in [0.05, 0.1) is 34.7 Å². The monoisotopic (exact) mass is 366 g/mol. The summed E-state index contributed by atoms with van der Waals surface area (Å²) in [6.45, 7) is 0. The van der Waals surface area contributed by atoms with Crippen LogP contribution in [0.15, 0.2) is 55.0 Å². The molecule has 1 N–H and O–H groups in total. The molecule has 0 unspecified atom stereocenters. The topological polar surface area (TPSA) is 79.4 Å². The quantitative estimate of drug-likeness (QED) is 0.574. The average molecular weight is 366 g/mol. The third-order valence-corrected chi connectivity index (χ3v) is 5.06. The summed E-state index contributed by atoms with van der Waals surface area (Å²) >= 11 is 0. The first-order valence-electron chi connectivity index (χ1n) is 9.26. The molecule has 6 heteroatoms. The molecule has 0 radical (unpaired) electrons. The van der Waals surface area contributed by atoms with Crippen molar-refractivity contribution in [2.45, 2.75) is 18.8 Å². The summed E-state index contributed by atoms with van der Waals surface area (Å²) in [6.07, 6.45) is 5.88. The first kappa shape index (κ1) is 16.5. The van der Waals surface area contributed by atoms with E-state index in [0.29, 0.717) is 17.3 Å². The molecular weight excluding hydrogens is 348 g/mol. The summed E-state index contributed by atoms with van der Waals surface area (Å²) in [7, 11) is 1.99. The fraction of sp³-hybridized carbons (Fsp3) is 0.182. The molecule has 1 aliphatic carbocycles. The van der Waals surface area contributed by atoms with Gasteiger partial charge in [-0.05, 0) is 60.7 Å². The number of pyridine rings is 2. The molecular formula is C22H18N6. The number of nitrogens with zero attached hydrogens (tertiary/aromatic N) is 5. The van der Waals surface area contributed by atoms with Crippen LogP contribution in [0.25, 0.3) is 22.3 Å². The number of aryl methyl sites for hydroxylation is 1. The number of hydrogen-bond acceptors (Lipinski definition) is 5. The SMILES string of the molecule is Cn1cnc2ccc(-c3cc(C4CC4)cc(Nc4cc(C#N)ccn4)n3)cc21. The summed E-state index contributed by atoms with van der Waals surface area (Å²) in [4.78, 5) is 13.5. The van der Waals surface area contributed by atoms with Crippen molar-refractivity contribution >= 4 is 22.7 Å². The minimum atomic E-state index is 0.567. The van der Waals surface area contributed by atoms with E-state index in [-0.39, 0.29) is 0 Å². The van der Waals surface area contributed by atoms with E-state index >= 15 is 0 Å². The smallest absolute Gasteiger partial charge is 0.132 e. The van der Waals surface area contributed by atoms with Gasteiger partial charge in [0.2, 0.25) is 0 Å². The van der Waals surface area contributed by atoms with Gasteiger partial charge in [-0.15, -0.1) is 0 Å². The Kier molecular flexibility index (Phi) is 3.80. The number of rotatable bonds is 4. The molecule has 0 saturated heterocycles. The van der Waals surface area contributed by atoms with Gasteiger partial charge in [-0.1, -0.05) is 6.07 Å². The Morgan fingerprint density at radius 3 is 2.79 bits per heavy atom. The zero-order valence-electron chi connectivity index (χ0n) is 15.4. The standard InChI is InChI=1S/C22H18N6/c1-28-13-25-18-5-4-16(10-20(18)28)19-9-17(15-2-3-15)11-22(26-19)27-21-8-14(12-23)6-7-24-21/h4-11,13,15H,2-3H2,1H3,(H,24,26,27). The maximum atomic E-state index is 9.11. The molecule has 136 valence electrons. The van der Waals surface area contributed by atoms with E-state index in [1.165, 1.54) is 18.4 Å². The second-order valence-corrected chi connectivity index (χ2v) is 7.17. The van der Waals surface area contributed by atoms with Crippen LogP contribution >= 0.6 is 0 Å². The molecule has 0 amide bonds. The van der Waals surface area contributed by atoms with Crippen molar-refractivity contribution in [3.8, 4) is 17.3 Å². The van der Waals surface area contributed by atoms with Crippen LogP contribution in [0.3, 0.4) is 0 Å². The fourth-order valence-corrected chi connectivity index (χ4v) is 3.40. The van der Waals surface area contributed by atoms with Crippen molar-refractivity contribution in [3.63, 3.8) is 0 Å². The van der Waals surface area contributed by atoms with Crippen LogP contribution < -0.4 is 5.32 Å². The number of anilines is 2. The largest absolute Gasteiger partial charge is 0.334 e. The van der Waals surface area contributed by atoms with Crippen LogP contribution in [-0.4, -0.2) is 19.5 Å². The van der Waals surface area contributed by atoms with Crippen LogP contribution in [0.1, 0.15) is 29.9 Å². The second kappa shape index (κ2) is 6.46. The summed E-state index contributed by atoms with van der Waals surface area (Å²) in [5, 5.41) is 12.4. The lowest BCUT2D eigenvalue weighted by Gasteiger charge is -2.11. The van der Waals surface area contributed by atoms with Gasteiger partial charge in [0.1, 0.15) is 11.6 Å². The van der Waals surface area contributed by atoms with Gasteiger partial charge in [-0.25, -0.2) is 15.0 Å². The highest BCUT2D eigenvalue weighted by atomic mass is 15.1. The summed E-state index contributed by atoms with van der Waals surface area (Å²) in [5.41, 5.74) is 5.88. The third kappa shape index (κ3) is 3.08. The zero-order chi connectivity index (χ0) is 19.1. The van der Waals surface area contributed by atoms with Crippen LogP contribution in [0.4, 0.5) is 11.6 Å². The normalized spacial score (nSPS) is 13.4. The molecule has 3 heterocycles. The number of aromatic nitrogens is 4. The second-order valence-electron chi connectivity index (χ2n) is 7.17. The summed E-state index contributed by atoms with van der Waals surface area (Å²) in [6, 6.07) is 16.0. The molecule has 0 bridgehead atoms. The van der Waals surface area contributed by atoms with E-state index in [9.17, 15) is 0 Å². The Morgan fingerprint density at radius 1 is 1.07 bits per heavy atom. The number of benzene rings is 1. The Labute approximate surface area is 162 Å². The van der Waals surface area contributed by atoms with Crippen LogP contribution in [0, 0.1) is 11.3 Å². The predicted octanol–water partition coefficient (Wildman–Crippen LogP) is 4.52. The Balaban J connectivity index is 1.57. The van der Waals surface area contributed by atoms with Crippen LogP contribution in [-0.2, 0) is 7.05 Å². The van der Waals surface area contributed by atoms with E-state index in [1.807, 2.05) is 24.0 Å². The average Bonchev–Trinajstić information content (AvgIpc) is 3.51. The minimum absolute atomic E-state index is 0.567. The third-order valence-electron chi connectivity index (χ3n) is 5.06. The van der Waals surface area contributed by atoms with E-state index in [2.05, 4.69) is 45.6 Å². The number of imidazole rings is 1. The highest BCUT2D eigenvalue weighted by molar-refractivity contribution is 5.81. The van der Waals surface area contributed by atoms with Crippen molar-refractivity contribution in [2.75, 3.05) is 5.32 Å². The highest BCUT2D eigenvalue weighted by Gasteiger charge is 2.25. The molecule has 1 saturated carbocycles. The van der Waals surface area contributed by atoms with Crippen molar-refractivity contribution in [2.24, 2.45) is 7.05 Å². The van der Waals surface area contributed by atoms with Crippen molar-refractivity contribution in [1.29, 1.82) is 5.26 Å². The first-order valence-corrected chi connectivity index (χ1v) is 9.26. The van der Waals surface area contributed by atoms with E-state index in [1.54, 1.807) is 18.3 Å². The van der Waals surface area contributed by atoms with E-state index in [0.717, 1.165) is 28.1 Å². The van der Waals surface area contributed by atoms with Gasteiger partial charge >= 0.3 is 0 Å². The van der Waals surface area contributed by atoms with Gasteiger partial charge in [0, 0.05) is 18.8 Å². The number of nitriles is 1. The summed E-state index contributed by atoms with van der Waals surface area (Å²) in [5.74, 6) is 1.96. The lowest BCUT2D eigenvalue weighted by atomic mass is 10.1. The maximum Gasteiger partial charge on any atom is 0.132 e. The number of nitrogens with one attached hydrogen (secondary N) is 1. The molecule has 1 aliphatic rings. The van der Waals surface area contributed by atoms with Gasteiger partial charge in [0.15, 0.2) is 0 Å². The molecule has 0 atom stereocenters. The summed E-state index contributed by atoms with van der Waals surface area (Å²) < 4.78 is 2.01. The Bertz CT molecular complexity index is 1230. The molecule has 0 aliphatic heterocycles. The molecule has 4 aromatic rings. The minimum Gasteiger partial charge on any atom is -0.334 e. The van der Waals surface area contributed by atoms with Crippen LogP contribution in [0.5, 0.6) is 0 Å². The molecule has 3 aromatic heterocycles. The van der Waals surface area contributed by atoms with Gasteiger partial charge < -0.3 is 9.88 Å². The van der Waals surface area contributed by atoms with Crippen molar-refractivity contribution in [1.82, 2.24) is 19.5 Å². The lowest BCUT2D eigenvalue weighted by Crippen LogP contribution is -1.99. The maximum absolute atomic E-state index is 9.11. The Morgan fingerprint density at radius 2 is 1.96 bits per heavy atom. The zero-order valence-corrected chi connectivity index (χ0v) is 15.4. The number of fused-ring (bicyclic) bond motifs is 1.